The van der Waals surface area contributed by atoms with Gasteiger partial charge >= 0.3 is 0 Å². The van der Waals surface area contributed by atoms with Crippen LogP contribution in [0.15, 0.2) is 30.6 Å². The first-order chi connectivity index (χ1) is 5.79. The molecule has 12 heavy (non-hydrogen) atoms. The van der Waals surface area contributed by atoms with Crippen molar-refractivity contribution in [3.63, 3.8) is 0 Å². The third-order valence-corrected chi connectivity index (χ3v) is 1.94. The van der Waals surface area contributed by atoms with Crippen LogP contribution in [0.5, 0.6) is 5.75 Å². The third kappa shape index (κ3) is 1.05. The number of rotatable bonds is 1. The number of hydrogen-bond acceptors (Lipinski definition) is 1. The molecular weight excluding hydrogens is 150 g/mol. The summed E-state index contributed by atoms with van der Waals surface area (Å²) in [5, 5.41) is 0. The molecule has 0 aliphatic heterocycles. The predicted molar refractivity (Wildman–Crippen MR) is 48.7 cm³/mol. The Morgan fingerprint density at radius 2 is 2.17 bits per heavy atom. The van der Waals surface area contributed by atoms with E-state index in [2.05, 4.69) is 23.6 Å². The summed E-state index contributed by atoms with van der Waals surface area (Å²) in [6.07, 6.45) is 4.09. The smallest absolute Gasteiger partial charge is 0.122 e. The molecule has 0 radical (unpaired) electrons. The molecule has 0 aromatic carbocycles. The molecule has 2 heterocycles. The van der Waals surface area contributed by atoms with Crippen molar-refractivity contribution >= 4 is 5.52 Å². The van der Waals surface area contributed by atoms with Gasteiger partial charge in [0, 0.05) is 24.0 Å². The van der Waals surface area contributed by atoms with Gasteiger partial charge in [0.1, 0.15) is 5.75 Å². The zero-order chi connectivity index (χ0) is 8.55. The van der Waals surface area contributed by atoms with Gasteiger partial charge in [-0.2, -0.15) is 0 Å². The highest BCUT2D eigenvalue weighted by atomic mass is 16.5. The summed E-state index contributed by atoms with van der Waals surface area (Å²) >= 11 is 0. The Kier molecular flexibility index (Phi) is 1.54. The molecule has 0 atom stereocenters. The fraction of sp³-hybridized carbons (Fsp3) is 0.200. The van der Waals surface area contributed by atoms with E-state index in [1.54, 1.807) is 7.11 Å². The molecule has 2 heteroatoms. The monoisotopic (exact) mass is 161 g/mol. The minimum absolute atomic E-state index is 0.903. The van der Waals surface area contributed by atoms with Crippen molar-refractivity contribution in [1.82, 2.24) is 4.40 Å². The topological polar surface area (TPSA) is 13.6 Å². The van der Waals surface area contributed by atoms with Gasteiger partial charge in [-0.25, -0.2) is 0 Å². The Hall–Kier alpha value is -1.44. The summed E-state index contributed by atoms with van der Waals surface area (Å²) in [5.41, 5.74) is 2.44. The van der Waals surface area contributed by atoms with Crippen LogP contribution in [0.25, 0.3) is 5.52 Å². The zero-order valence-electron chi connectivity index (χ0n) is 7.24. The van der Waals surface area contributed by atoms with E-state index in [9.17, 15) is 0 Å². The minimum atomic E-state index is 0.903. The van der Waals surface area contributed by atoms with Crippen LogP contribution in [0.2, 0.25) is 0 Å². The van der Waals surface area contributed by atoms with E-state index in [0.717, 1.165) is 5.75 Å². The fourth-order valence-electron chi connectivity index (χ4n) is 1.36. The van der Waals surface area contributed by atoms with Crippen LogP contribution in [0.3, 0.4) is 0 Å². The van der Waals surface area contributed by atoms with E-state index >= 15 is 0 Å². The van der Waals surface area contributed by atoms with E-state index in [4.69, 9.17) is 4.74 Å². The van der Waals surface area contributed by atoms with E-state index in [1.807, 2.05) is 18.3 Å². The number of pyridine rings is 1. The number of aryl methyl sites for hydroxylation is 1. The van der Waals surface area contributed by atoms with Crippen LogP contribution in [0.4, 0.5) is 0 Å². The highest BCUT2D eigenvalue weighted by Gasteiger charge is 1.96. The van der Waals surface area contributed by atoms with Gasteiger partial charge in [0.2, 0.25) is 0 Å². The molecular formula is C10H11NO. The second kappa shape index (κ2) is 2.55. The van der Waals surface area contributed by atoms with Crippen molar-refractivity contribution in [2.24, 2.45) is 0 Å². The Morgan fingerprint density at radius 1 is 1.33 bits per heavy atom. The standard InChI is InChI=1S/C10H11NO/c1-8-5-9-6-10(12-2)3-4-11(9)7-8/h3-7H,1-2H3. The molecule has 0 aliphatic rings. The van der Waals surface area contributed by atoms with Gasteiger partial charge in [-0.1, -0.05) is 0 Å². The number of aromatic nitrogens is 1. The quantitative estimate of drug-likeness (QED) is 0.625. The molecule has 0 unspecified atom stereocenters. The molecule has 62 valence electrons. The molecule has 2 nitrogen and oxygen atoms in total. The number of methoxy groups -OCH3 is 1. The minimum Gasteiger partial charge on any atom is -0.497 e. The summed E-state index contributed by atoms with van der Waals surface area (Å²) in [4.78, 5) is 0. The Balaban J connectivity index is 2.66. The molecule has 2 aromatic heterocycles. The molecule has 0 bridgehead atoms. The van der Waals surface area contributed by atoms with Gasteiger partial charge in [-0.15, -0.1) is 0 Å². The maximum atomic E-state index is 5.12. The third-order valence-electron chi connectivity index (χ3n) is 1.94. The van der Waals surface area contributed by atoms with Crippen molar-refractivity contribution in [1.29, 1.82) is 0 Å². The number of ether oxygens (including phenoxy) is 1. The highest BCUT2D eigenvalue weighted by Crippen LogP contribution is 2.15. The van der Waals surface area contributed by atoms with Crippen molar-refractivity contribution in [2.75, 3.05) is 7.11 Å². The molecule has 2 aromatic rings. The lowest BCUT2D eigenvalue weighted by atomic mass is 10.3. The number of nitrogens with zero attached hydrogens (tertiary/aromatic N) is 1. The van der Waals surface area contributed by atoms with Crippen molar-refractivity contribution in [3.8, 4) is 5.75 Å². The lowest BCUT2D eigenvalue weighted by Crippen LogP contribution is -1.85. The molecule has 0 fully saturated rings. The van der Waals surface area contributed by atoms with E-state index in [0.29, 0.717) is 0 Å². The molecule has 0 saturated carbocycles. The van der Waals surface area contributed by atoms with Gasteiger partial charge in [0.25, 0.3) is 0 Å². The molecule has 2 rings (SSSR count). The Labute approximate surface area is 71.4 Å². The summed E-state index contributed by atoms with van der Waals surface area (Å²) in [6, 6.07) is 6.10. The van der Waals surface area contributed by atoms with Crippen molar-refractivity contribution in [3.05, 3.63) is 36.2 Å². The first-order valence-electron chi connectivity index (χ1n) is 3.92. The average Bonchev–Trinajstić information content (AvgIpc) is 2.43. The van der Waals surface area contributed by atoms with Crippen LogP contribution >= 0.6 is 0 Å². The van der Waals surface area contributed by atoms with Crippen molar-refractivity contribution < 1.29 is 4.74 Å². The normalized spacial score (nSPS) is 10.5. The van der Waals surface area contributed by atoms with Crippen LogP contribution in [-0.2, 0) is 0 Å². The number of hydrogen-bond donors (Lipinski definition) is 0. The maximum absolute atomic E-state index is 5.12. The summed E-state index contributed by atoms with van der Waals surface area (Å²) in [5.74, 6) is 0.903. The van der Waals surface area contributed by atoms with Gasteiger partial charge in [-0.05, 0) is 24.6 Å². The van der Waals surface area contributed by atoms with Gasteiger partial charge in [0.05, 0.1) is 7.11 Å². The van der Waals surface area contributed by atoms with E-state index in [1.165, 1.54) is 11.1 Å². The zero-order valence-corrected chi connectivity index (χ0v) is 7.24. The lowest BCUT2D eigenvalue weighted by molar-refractivity contribution is 0.414. The Morgan fingerprint density at radius 3 is 2.92 bits per heavy atom. The molecule has 0 aliphatic carbocycles. The van der Waals surface area contributed by atoms with Crippen LogP contribution in [-0.4, -0.2) is 11.5 Å². The molecule has 0 saturated heterocycles. The van der Waals surface area contributed by atoms with Gasteiger partial charge < -0.3 is 9.14 Å². The lowest BCUT2D eigenvalue weighted by Gasteiger charge is -1.99. The number of fused-ring (bicyclic) bond motifs is 1. The average molecular weight is 161 g/mol. The first-order valence-corrected chi connectivity index (χ1v) is 3.92. The second-order valence-electron chi connectivity index (χ2n) is 2.92. The first kappa shape index (κ1) is 7.22. The predicted octanol–water partition coefficient (Wildman–Crippen LogP) is 2.26. The van der Waals surface area contributed by atoms with Gasteiger partial charge in [0.15, 0.2) is 0 Å². The fourth-order valence-corrected chi connectivity index (χ4v) is 1.36. The summed E-state index contributed by atoms with van der Waals surface area (Å²) in [6.45, 7) is 2.08. The maximum Gasteiger partial charge on any atom is 0.122 e. The largest absolute Gasteiger partial charge is 0.497 e. The van der Waals surface area contributed by atoms with Crippen LogP contribution < -0.4 is 4.74 Å². The van der Waals surface area contributed by atoms with E-state index < -0.39 is 0 Å². The Bertz CT molecular complexity index is 403. The molecule has 0 N–H and O–H groups in total. The highest BCUT2D eigenvalue weighted by molar-refractivity contribution is 5.53. The van der Waals surface area contributed by atoms with Crippen LogP contribution in [0, 0.1) is 6.92 Å². The second-order valence-corrected chi connectivity index (χ2v) is 2.92. The van der Waals surface area contributed by atoms with Gasteiger partial charge in [-0.3, -0.25) is 0 Å². The van der Waals surface area contributed by atoms with Crippen molar-refractivity contribution in [2.45, 2.75) is 6.92 Å². The van der Waals surface area contributed by atoms with Crippen LogP contribution in [0.1, 0.15) is 5.56 Å². The molecule has 0 spiro atoms. The summed E-state index contributed by atoms with van der Waals surface area (Å²) in [7, 11) is 1.68. The SMILES string of the molecule is COc1ccn2cc(C)cc2c1. The molecule has 0 amide bonds. The summed E-state index contributed by atoms with van der Waals surface area (Å²) < 4.78 is 7.20. The van der Waals surface area contributed by atoms with E-state index in [-0.39, 0.29) is 0 Å².